The van der Waals surface area contributed by atoms with Gasteiger partial charge in [-0.1, -0.05) is 76.2 Å². The lowest BCUT2D eigenvalue weighted by molar-refractivity contribution is -0.141. The molecule has 0 bridgehead atoms. The molecular weight excluding hydrogens is 1650 g/mol. The zero-order chi connectivity index (χ0) is 96.3. The molecule has 0 aromatic carbocycles. The molecule has 0 rings (SSSR count). The van der Waals surface area contributed by atoms with Crippen molar-refractivity contribution in [3.8, 4) is 0 Å². The number of aliphatic imine (C=N–C) groups is 3. The van der Waals surface area contributed by atoms with E-state index >= 15 is 0 Å². The second-order valence-electron chi connectivity index (χ2n) is 31.1. The van der Waals surface area contributed by atoms with Gasteiger partial charge in [-0.2, -0.15) is 0 Å². The van der Waals surface area contributed by atoms with Gasteiger partial charge < -0.3 is 126 Å². The van der Waals surface area contributed by atoms with Crippen LogP contribution < -0.4 is 82.3 Å². The number of guanidine groups is 3. The Hall–Kier alpha value is -11.6. The molecule has 0 aliphatic carbocycles. The summed E-state index contributed by atoms with van der Waals surface area (Å²) >= 11 is 0. The third-order valence-corrected chi connectivity index (χ3v) is 19.8. The van der Waals surface area contributed by atoms with Gasteiger partial charge in [-0.15, -0.1) is 0 Å². The van der Waals surface area contributed by atoms with E-state index in [9.17, 15) is 86.3 Å². The number of carbonyl (C=O) groups excluding carboxylic acids is 18. The van der Waals surface area contributed by atoms with Crippen LogP contribution in [0.2, 0.25) is 0 Å². The predicted octanol–water partition coefficient (Wildman–Crippen LogP) is -5.06. The average Bonchev–Trinajstić information content (AvgIpc) is 0.861. The van der Waals surface area contributed by atoms with E-state index in [1.54, 1.807) is 76.2 Å². The van der Waals surface area contributed by atoms with Crippen LogP contribution in [0.5, 0.6) is 0 Å². The molecule has 0 saturated carbocycles. The van der Waals surface area contributed by atoms with Gasteiger partial charge in [-0.3, -0.25) is 101 Å². The highest BCUT2D eigenvalue weighted by molar-refractivity contribution is 5.93. The number of ketones is 1. The third kappa shape index (κ3) is 49.8. The first-order chi connectivity index (χ1) is 60.0. The Morgan fingerprint density at radius 3 is 0.669 bits per heavy atom. The molecular formula is C82H151N27O18. The van der Waals surface area contributed by atoms with Crippen molar-refractivity contribution in [1.82, 2.24) is 92.0 Å². The highest BCUT2D eigenvalue weighted by atomic mass is 16.2. The average molecular weight is 1800 g/mol. The van der Waals surface area contributed by atoms with Gasteiger partial charge in [0.05, 0.1) is 39.3 Å². The maximum Gasteiger partial charge on any atom is 0.242 e. The minimum Gasteiger partial charge on any atom is -0.370 e. The maximum atomic E-state index is 14.3. The summed E-state index contributed by atoms with van der Waals surface area (Å²) in [6, 6.07) is -3.34. The van der Waals surface area contributed by atoms with E-state index in [0.29, 0.717) is 6.54 Å². The fraction of sp³-hybridized carbons (Fsp3) is 0.744. The summed E-state index contributed by atoms with van der Waals surface area (Å²) in [4.78, 5) is 265. The number of hydrogen-bond donors (Lipinski definition) is 15. The molecule has 0 aromatic rings. The van der Waals surface area contributed by atoms with Crippen LogP contribution in [0.15, 0.2) is 15.0 Å². The van der Waals surface area contributed by atoms with Crippen molar-refractivity contribution in [2.45, 2.75) is 217 Å². The van der Waals surface area contributed by atoms with Crippen molar-refractivity contribution in [2.75, 3.05) is 177 Å². The fourth-order valence-corrected chi connectivity index (χ4v) is 12.8. The first kappa shape index (κ1) is 115. The van der Waals surface area contributed by atoms with E-state index < -0.39 is 133 Å². The molecule has 722 valence electrons. The Kier molecular flexibility index (Phi) is 59.1. The summed E-state index contributed by atoms with van der Waals surface area (Å²) < 4.78 is 0. The maximum absolute atomic E-state index is 14.3. The number of amides is 17. The van der Waals surface area contributed by atoms with Gasteiger partial charge in [-0.05, 0) is 59.3 Å². The quantitative estimate of drug-likeness (QED) is 0.0154. The van der Waals surface area contributed by atoms with Crippen LogP contribution in [0.25, 0.3) is 0 Å². The van der Waals surface area contributed by atoms with Crippen LogP contribution in [0.3, 0.4) is 0 Å². The molecule has 0 aliphatic rings. The lowest BCUT2D eigenvalue weighted by Gasteiger charge is -2.31. The lowest BCUT2D eigenvalue weighted by Crippen LogP contribution is -2.53. The smallest absolute Gasteiger partial charge is 0.242 e. The molecule has 0 aromatic heterocycles. The van der Waals surface area contributed by atoms with Crippen molar-refractivity contribution in [3.05, 3.63) is 0 Å². The van der Waals surface area contributed by atoms with Gasteiger partial charge in [0.25, 0.3) is 0 Å². The summed E-state index contributed by atoms with van der Waals surface area (Å²) in [6.07, 6.45) is 1.08. The number of rotatable bonds is 67. The van der Waals surface area contributed by atoms with Crippen LogP contribution in [0, 0.1) is 5.92 Å². The predicted molar refractivity (Wildman–Crippen MR) is 480 cm³/mol. The van der Waals surface area contributed by atoms with E-state index in [0.717, 1.165) is 0 Å². The van der Waals surface area contributed by atoms with Crippen LogP contribution in [-0.4, -0.2) is 369 Å². The molecule has 45 heteroatoms. The Morgan fingerprint density at radius 2 is 0.472 bits per heavy atom. The summed E-state index contributed by atoms with van der Waals surface area (Å²) in [5.41, 5.74) is 33.1. The molecule has 0 radical (unpaired) electrons. The highest BCUT2D eigenvalue weighted by Gasteiger charge is 2.34. The summed E-state index contributed by atoms with van der Waals surface area (Å²) in [5, 5.41) is 25.1. The third-order valence-electron chi connectivity index (χ3n) is 19.8. The minimum atomic E-state index is -1.18. The minimum absolute atomic E-state index is 0.00440. The van der Waals surface area contributed by atoms with E-state index in [1.165, 1.54) is 44.1 Å². The van der Waals surface area contributed by atoms with Gasteiger partial charge in [0, 0.05) is 207 Å². The number of carbonyl (C=O) groups is 18. The number of hydrogen-bond acceptors (Lipinski definition) is 22. The van der Waals surface area contributed by atoms with E-state index in [-0.39, 0.29) is 287 Å². The van der Waals surface area contributed by atoms with Crippen molar-refractivity contribution < 1.29 is 86.3 Å². The number of Topliss-reactive ketones (excluding diaryl/α,β-unsaturated/α-hetero) is 1. The van der Waals surface area contributed by atoms with Gasteiger partial charge >= 0.3 is 0 Å². The molecule has 3 atom stereocenters. The molecule has 127 heavy (non-hydrogen) atoms. The molecule has 0 heterocycles. The Labute approximate surface area is 748 Å². The van der Waals surface area contributed by atoms with Crippen LogP contribution in [-0.2, 0) is 86.3 Å². The number of nitrogens with one attached hydrogen (secondary N) is 9. The van der Waals surface area contributed by atoms with Gasteiger partial charge in [-0.25, -0.2) is 0 Å². The van der Waals surface area contributed by atoms with Crippen molar-refractivity contribution in [3.63, 3.8) is 0 Å². The fourth-order valence-electron chi connectivity index (χ4n) is 12.8. The van der Waals surface area contributed by atoms with Crippen molar-refractivity contribution in [1.29, 1.82) is 0 Å². The van der Waals surface area contributed by atoms with E-state index in [4.69, 9.17) is 34.4 Å². The Morgan fingerprint density at radius 1 is 0.276 bits per heavy atom. The van der Waals surface area contributed by atoms with E-state index in [1.807, 2.05) is 20.8 Å². The van der Waals surface area contributed by atoms with Gasteiger partial charge in [0.1, 0.15) is 18.1 Å². The Balaban J connectivity index is 6.22. The summed E-state index contributed by atoms with van der Waals surface area (Å²) in [5.74, 6) is -9.50. The zero-order valence-corrected chi connectivity index (χ0v) is 77.7. The summed E-state index contributed by atoms with van der Waals surface area (Å²) in [6.45, 7) is 20.5. The van der Waals surface area contributed by atoms with Crippen LogP contribution in [0.4, 0.5) is 0 Å². The van der Waals surface area contributed by atoms with Gasteiger partial charge in [0.2, 0.25) is 100 Å². The normalized spacial score (nSPS) is 11.6. The topological polar surface area (TPSA) is 638 Å². The SMILES string of the molecule is CCC(=O)N(CCNC(=O)CN(CCNC(=O)[C@H](CCCN=C(N)N)N(CCNC(=O)CN(CCNC(C)(C)C)C(=O)CC)C(=O)CC)C(=O)CC)CC(=O)NCCN(C(=O)CC)[C@@H](CCCN=C(N)N)C(=O)NCCN(CC(=O)NCCN(CC(=O)NCCN(C(=O)CC)[C@@H](CCCN=C(N)N)C(=O)NCCN(CC(=O)C(C)C)C(=O)CC)C(=O)CC)C(=O)CC. The lowest BCUT2D eigenvalue weighted by atomic mass is 10.1. The zero-order valence-electron chi connectivity index (χ0n) is 77.7. The second kappa shape index (κ2) is 65.1. The van der Waals surface area contributed by atoms with Gasteiger partial charge in [0.15, 0.2) is 23.7 Å². The van der Waals surface area contributed by atoms with Crippen molar-refractivity contribution >= 4 is 124 Å². The van der Waals surface area contributed by atoms with Crippen molar-refractivity contribution in [2.24, 2.45) is 55.3 Å². The summed E-state index contributed by atoms with van der Waals surface area (Å²) in [7, 11) is 0. The van der Waals surface area contributed by atoms with Crippen LogP contribution in [0.1, 0.15) is 193 Å². The molecule has 0 saturated heterocycles. The van der Waals surface area contributed by atoms with Crippen LogP contribution >= 0.6 is 0 Å². The Bertz CT molecular complexity index is 3620. The molecule has 0 aliphatic heterocycles. The molecule has 0 unspecified atom stereocenters. The highest BCUT2D eigenvalue weighted by Crippen LogP contribution is 2.16. The van der Waals surface area contributed by atoms with E-state index in [2.05, 4.69) is 62.8 Å². The number of nitrogens with zero attached hydrogens (tertiary/aromatic N) is 12. The molecule has 0 fully saturated rings. The molecule has 0 spiro atoms. The second-order valence-corrected chi connectivity index (χ2v) is 31.1. The molecule has 45 nitrogen and oxygen atoms in total. The largest absolute Gasteiger partial charge is 0.370 e. The molecule has 21 N–H and O–H groups in total. The first-order valence-electron chi connectivity index (χ1n) is 44.2. The standard InChI is InChI=1S/C82H151N27O18/c1-15-67(116)101(51-61(110)57(10)11)44-35-94-76(125)58(27-24-30-97-79(83)84)107(73(122)21-7)48-38-91-64(113)54-102(68(117)16-2)42-33-89-62(111)52-104(70(119)18-4)45-36-95-77(126)59(28-25-31-98-80(85)86)108(74(123)22-8)49-39-92-65(114)55-103(69(118)17-3)43-34-90-63(112)53-105(71(120)19-5)46-37-96-78(127)60(29-26-32-99-81(87)88)109(75(124)23-9)50-40-93-66(115)56-106(72(121)20-6)47-41-100-82(12,13)14/h57-60,100H,15-56H2,1-14H3,(H,89,111)(H,90,112)(H,91,113)(H,92,114)(H,93,115)(H,94,125)(H,95,126)(H,96,127)(H4,83,84,97)(H4,85,86,98)(H4,87,88,99)/t58-,59-,60-/m0/s1. The molecule has 17 amide bonds. The number of nitrogens with two attached hydrogens (primary N) is 6. The monoisotopic (exact) mass is 1800 g/mol. The first-order valence-corrected chi connectivity index (χ1v) is 44.2.